The second kappa shape index (κ2) is 3.84. The Hall–Kier alpha value is -1.04. The highest BCUT2D eigenvalue weighted by molar-refractivity contribution is 6.32. The Morgan fingerprint density at radius 3 is 2.47 bits per heavy atom. The molecule has 0 spiro atoms. The summed E-state index contributed by atoms with van der Waals surface area (Å²) in [4.78, 5) is 11.0. The molecular formula is C8H8ClF3N2O. The molecule has 0 bridgehead atoms. The summed E-state index contributed by atoms with van der Waals surface area (Å²) in [5.74, 6) is -0.483. The largest absolute Gasteiger partial charge is 0.431 e. The summed E-state index contributed by atoms with van der Waals surface area (Å²) in [6.07, 6.45) is -5.10. The molecular weight excluding hydrogens is 233 g/mol. The maximum absolute atomic E-state index is 12.3. The standard InChI is InChI=1S/C8H8ClF3N2O/c1-4(15)5-3-6(8(10,11)12)13-14(2)7(5)9/h3H2,1-2H3. The van der Waals surface area contributed by atoms with Gasteiger partial charge in [-0.2, -0.15) is 18.3 Å². The number of halogens is 4. The second-order valence-corrected chi connectivity index (χ2v) is 3.43. The monoisotopic (exact) mass is 240 g/mol. The molecule has 0 aromatic carbocycles. The molecule has 0 saturated heterocycles. The van der Waals surface area contributed by atoms with Crippen LogP contribution in [0.15, 0.2) is 15.8 Å². The van der Waals surface area contributed by atoms with Gasteiger partial charge in [0.05, 0.1) is 0 Å². The number of Topliss-reactive ketones (excluding diaryl/α,β-unsaturated/α-hetero) is 1. The minimum Gasteiger partial charge on any atom is -0.295 e. The smallest absolute Gasteiger partial charge is 0.295 e. The number of rotatable bonds is 1. The average Bonchev–Trinajstić information content (AvgIpc) is 2.06. The van der Waals surface area contributed by atoms with Crippen molar-refractivity contribution in [2.75, 3.05) is 7.05 Å². The molecule has 0 saturated carbocycles. The van der Waals surface area contributed by atoms with Crippen LogP contribution in [0, 0.1) is 0 Å². The van der Waals surface area contributed by atoms with Crippen LogP contribution in [0.3, 0.4) is 0 Å². The molecule has 1 rings (SSSR count). The fraction of sp³-hybridized carbons (Fsp3) is 0.500. The van der Waals surface area contributed by atoms with Gasteiger partial charge in [0, 0.05) is 19.0 Å². The van der Waals surface area contributed by atoms with E-state index in [2.05, 4.69) is 5.10 Å². The molecule has 15 heavy (non-hydrogen) atoms. The number of allylic oxidation sites excluding steroid dienone is 1. The first kappa shape index (κ1) is 12.0. The average molecular weight is 241 g/mol. The fourth-order valence-electron chi connectivity index (χ4n) is 1.12. The lowest BCUT2D eigenvalue weighted by molar-refractivity contribution is -0.113. The van der Waals surface area contributed by atoms with E-state index in [4.69, 9.17) is 11.6 Å². The van der Waals surface area contributed by atoms with Gasteiger partial charge in [-0.25, -0.2) is 0 Å². The first-order chi connectivity index (χ1) is 6.73. The maximum Gasteiger partial charge on any atom is 0.431 e. The van der Waals surface area contributed by atoms with Crippen molar-refractivity contribution in [2.24, 2.45) is 5.10 Å². The summed E-state index contributed by atoms with van der Waals surface area (Å²) in [6, 6.07) is 0. The van der Waals surface area contributed by atoms with Gasteiger partial charge >= 0.3 is 6.18 Å². The normalized spacial score (nSPS) is 18.0. The van der Waals surface area contributed by atoms with Gasteiger partial charge in [0.25, 0.3) is 0 Å². The van der Waals surface area contributed by atoms with E-state index in [9.17, 15) is 18.0 Å². The molecule has 0 fully saturated rings. The van der Waals surface area contributed by atoms with Gasteiger partial charge in [0.1, 0.15) is 10.9 Å². The van der Waals surface area contributed by atoms with E-state index < -0.39 is 24.1 Å². The summed E-state index contributed by atoms with van der Waals surface area (Å²) < 4.78 is 37.0. The number of alkyl halides is 3. The molecule has 0 radical (unpaired) electrons. The Labute approximate surface area is 89.2 Å². The number of carbonyl (C=O) groups excluding carboxylic acids is 1. The van der Waals surface area contributed by atoms with E-state index >= 15 is 0 Å². The zero-order chi connectivity index (χ0) is 11.8. The lowest BCUT2D eigenvalue weighted by atomic mass is 10.1. The van der Waals surface area contributed by atoms with E-state index in [1.807, 2.05) is 0 Å². The van der Waals surface area contributed by atoms with E-state index in [0.717, 1.165) is 5.01 Å². The summed E-state index contributed by atoms with van der Waals surface area (Å²) >= 11 is 5.65. The van der Waals surface area contributed by atoms with Crippen molar-refractivity contribution < 1.29 is 18.0 Å². The van der Waals surface area contributed by atoms with Crippen molar-refractivity contribution in [3.8, 4) is 0 Å². The predicted octanol–water partition coefficient (Wildman–Crippen LogP) is 2.28. The maximum atomic E-state index is 12.3. The van der Waals surface area contributed by atoms with Crippen molar-refractivity contribution in [2.45, 2.75) is 19.5 Å². The van der Waals surface area contributed by atoms with Crippen LogP contribution < -0.4 is 0 Å². The van der Waals surface area contributed by atoms with Gasteiger partial charge in [-0.3, -0.25) is 9.80 Å². The van der Waals surface area contributed by atoms with Crippen molar-refractivity contribution in [3.63, 3.8) is 0 Å². The van der Waals surface area contributed by atoms with Crippen molar-refractivity contribution in [1.29, 1.82) is 0 Å². The van der Waals surface area contributed by atoms with Crippen molar-refractivity contribution in [1.82, 2.24) is 5.01 Å². The Morgan fingerprint density at radius 2 is 2.07 bits per heavy atom. The molecule has 0 aromatic rings. The van der Waals surface area contributed by atoms with Crippen molar-refractivity contribution in [3.05, 3.63) is 10.7 Å². The highest BCUT2D eigenvalue weighted by Gasteiger charge is 2.39. The number of hydrogen-bond acceptors (Lipinski definition) is 3. The zero-order valence-electron chi connectivity index (χ0n) is 8.02. The lowest BCUT2D eigenvalue weighted by Gasteiger charge is -2.23. The SMILES string of the molecule is CC(=O)C1=C(Cl)N(C)N=C(C(F)(F)F)C1. The minimum atomic E-state index is -4.54. The predicted molar refractivity (Wildman–Crippen MR) is 49.4 cm³/mol. The van der Waals surface area contributed by atoms with E-state index in [-0.39, 0.29) is 10.7 Å². The summed E-state index contributed by atoms with van der Waals surface area (Å²) in [7, 11) is 1.26. The van der Waals surface area contributed by atoms with Crippen LogP contribution in [0.25, 0.3) is 0 Å². The van der Waals surface area contributed by atoms with Crippen molar-refractivity contribution >= 4 is 23.1 Å². The first-order valence-electron chi connectivity index (χ1n) is 4.01. The topological polar surface area (TPSA) is 32.7 Å². The molecule has 1 heterocycles. The van der Waals surface area contributed by atoms with Gasteiger partial charge in [0.2, 0.25) is 0 Å². The molecule has 0 N–H and O–H groups in total. The van der Waals surface area contributed by atoms with Gasteiger partial charge < -0.3 is 0 Å². The first-order valence-corrected chi connectivity index (χ1v) is 4.39. The van der Waals surface area contributed by atoms with Crippen LogP contribution in [-0.2, 0) is 4.79 Å². The zero-order valence-corrected chi connectivity index (χ0v) is 8.78. The van der Waals surface area contributed by atoms with Crippen LogP contribution >= 0.6 is 11.6 Å². The van der Waals surface area contributed by atoms with Crippen LogP contribution in [0.2, 0.25) is 0 Å². The highest BCUT2D eigenvalue weighted by atomic mass is 35.5. The Bertz CT molecular complexity index is 359. The fourth-order valence-corrected chi connectivity index (χ4v) is 1.36. The van der Waals surface area contributed by atoms with Gasteiger partial charge in [-0.1, -0.05) is 11.6 Å². The Kier molecular flexibility index (Phi) is 3.08. The van der Waals surface area contributed by atoms with Gasteiger partial charge in [-0.05, 0) is 6.92 Å². The minimum absolute atomic E-state index is 0.0597. The van der Waals surface area contributed by atoms with E-state index in [0.29, 0.717) is 0 Å². The van der Waals surface area contributed by atoms with E-state index in [1.165, 1.54) is 14.0 Å². The molecule has 3 nitrogen and oxygen atoms in total. The third kappa shape index (κ3) is 2.50. The van der Waals surface area contributed by atoms with Crippen LogP contribution in [0.1, 0.15) is 13.3 Å². The molecule has 1 aliphatic rings. The second-order valence-electron chi connectivity index (χ2n) is 3.07. The lowest BCUT2D eigenvalue weighted by Crippen LogP contribution is -2.31. The molecule has 1 aliphatic heterocycles. The molecule has 0 atom stereocenters. The van der Waals surface area contributed by atoms with Gasteiger partial charge in [-0.15, -0.1) is 0 Å². The number of ketones is 1. The summed E-state index contributed by atoms with van der Waals surface area (Å²) in [6.45, 7) is 1.17. The third-order valence-electron chi connectivity index (χ3n) is 1.90. The quantitative estimate of drug-likeness (QED) is 0.659. The molecule has 84 valence electrons. The number of hydrogen-bond donors (Lipinski definition) is 0. The van der Waals surface area contributed by atoms with E-state index in [1.54, 1.807) is 0 Å². The molecule has 7 heteroatoms. The summed E-state index contributed by atoms with van der Waals surface area (Å²) in [5.41, 5.74) is -1.08. The molecule has 0 aromatic heterocycles. The van der Waals surface area contributed by atoms with Crippen LogP contribution in [0.4, 0.5) is 13.2 Å². The number of nitrogens with zero attached hydrogens (tertiary/aromatic N) is 2. The third-order valence-corrected chi connectivity index (χ3v) is 2.37. The van der Waals surface area contributed by atoms with Crippen LogP contribution in [0.5, 0.6) is 0 Å². The Morgan fingerprint density at radius 1 is 1.53 bits per heavy atom. The summed E-state index contributed by atoms with van der Waals surface area (Å²) in [5, 5.41) is 4.04. The Balaban J connectivity index is 3.06. The molecule has 0 unspecified atom stereocenters. The highest BCUT2D eigenvalue weighted by Crippen LogP contribution is 2.30. The number of hydrazone groups is 1. The molecule has 0 aliphatic carbocycles. The van der Waals surface area contributed by atoms with Crippen LogP contribution in [-0.4, -0.2) is 29.7 Å². The van der Waals surface area contributed by atoms with Gasteiger partial charge in [0.15, 0.2) is 5.78 Å². The number of carbonyl (C=O) groups is 1. The molecule has 0 amide bonds.